The van der Waals surface area contributed by atoms with Crippen molar-refractivity contribution in [3.05, 3.63) is 70.8 Å². The number of hydrogen-bond donors (Lipinski definition) is 3. The van der Waals surface area contributed by atoms with Crippen molar-refractivity contribution in [3.8, 4) is 0 Å². The van der Waals surface area contributed by atoms with Crippen molar-refractivity contribution < 1.29 is 23.1 Å². The van der Waals surface area contributed by atoms with Crippen LogP contribution in [0.3, 0.4) is 0 Å². The molecule has 0 unspecified atom stereocenters. The normalized spacial score (nSPS) is 13.3. The Balaban J connectivity index is 0.00000480. The number of aryl methyl sites for hydroxylation is 1. The minimum Gasteiger partial charge on any atom is -0.390 e. The number of alkyl halides is 1. The van der Waals surface area contributed by atoms with Crippen LogP contribution in [0, 0.1) is 11.6 Å². The average molecular weight is 459 g/mol. The molecule has 31 heavy (non-hydrogen) atoms. The number of amides is 1. The molecule has 0 aliphatic rings. The van der Waals surface area contributed by atoms with E-state index in [1.807, 2.05) is 32.0 Å². The van der Waals surface area contributed by atoms with Gasteiger partial charge in [0.05, 0.1) is 12.1 Å². The van der Waals surface area contributed by atoms with E-state index in [2.05, 4.69) is 23.6 Å². The van der Waals surface area contributed by atoms with E-state index >= 15 is 0 Å². The van der Waals surface area contributed by atoms with Crippen LogP contribution in [0.25, 0.3) is 0 Å². The summed E-state index contributed by atoms with van der Waals surface area (Å²) in [6, 6.07) is 10.1. The van der Waals surface area contributed by atoms with Gasteiger partial charge in [0, 0.05) is 18.2 Å². The van der Waals surface area contributed by atoms with Gasteiger partial charge in [-0.25, -0.2) is 13.2 Å². The molecular weight excluding hydrogens is 429 g/mol. The molecule has 4 nitrogen and oxygen atoms in total. The Bertz CT molecular complexity index is 844. The third kappa shape index (κ3) is 8.16. The van der Waals surface area contributed by atoms with Gasteiger partial charge in [0.25, 0.3) is 5.91 Å². The van der Waals surface area contributed by atoms with Gasteiger partial charge in [-0.05, 0) is 55.5 Å². The number of halogens is 4. The molecule has 0 saturated carbocycles. The van der Waals surface area contributed by atoms with Crippen molar-refractivity contribution in [2.24, 2.45) is 0 Å². The Kier molecular flexibility index (Phi) is 10.5. The molecule has 2 atom stereocenters. The summed E-state index contributed by atoms with van der Waals surface area (Å²) in [4.78, 5) is 11.6. The number of hydrogen-bond acceptors (Lipinski definition) is 3. The van der Waals surface area contributed by atoms with Crippen molar-refractivity contribution in [2.75, 3.05) is 13.2 Å². The second kappa shape index (κ2) is 12.1. The highest BCUT2D eigenvalue weighted by molar-refractivity contribution is 5.85. The highest BCUT2D eigenvalue weighted by Crippen LogP contribution is 2.21. The summed E-state index contributed by atoms with van der Waals surface area (Å²) in [5.41, 5.74) is 1.99. The lowest BCUT2D eigenvalue weighted by atomic mass is 9.91. The number of nitrogens with one attached hydrogen (secondary N) is 2. The van der Waals surface area contributed by atoms with Crippen LogP contribution in [0.2, 0.25) is 0 Å². The maximum Gasteiger partial charge on any atom is 0.251 e. The topological polar surface area (TPSA) is 61.4 Å². The fraction of sp³-hybridized carbons (Fsp3) is 0.435. The van der Waals surface area contributed by atoms with Crippen LogP contribution in [-0.4, -0.2) is 36.4 Å². The maximum absolute atomic E-state index is 13.5. The molecule has 8 heteroatoms. The first kappa shape index (κ1) is 26.9. The van der Waals surface area contributed by atoms with Crippen molar-refractivity contribution in [1.29, 1.82) is 0 Å². The first-order valence-electron chi connectivity index (χ1n) is 9.97. The SMILES string of the molecule is CCc1cccc(C(C)(C)NC[C@@H](O)[C@H](Cc2cc(F)cc(F)c2)NC(=O)CF)c1.Cl. The molecular formula is C23H30ClF3N2O2. The van der Waals surface area contributed by atoms with E-state index in [-0.39, 0.29) is 30.9 Å². The summed E-state index contributed by atoms with van der Waals surface area (Å²) in [6.07, 6.45) is -0.260. The van der Waals surface area contributed by atoms with Gasteiger partial charge in [-0.15, -0.1) is 12.4 Å². The lowest BCUT2D eigenvalue weighted by molar-refractivity contribution is -0.123. The van der Waals surface area contributed by atoms with Gasteiger partial charge in [0.2, 0.25) is 0 Å². The molecule has 0 aromatic heterocycles. The van der Waals surface area contributed by atoms with Crippen LogP contribution in [0.1, 0.15) is 37.5 Å². The summed E-state index contributed by atoms with van der Waals surface area (Å²) in [5.74, 6) is -2.42. The van der Waals surface area contributed by atoms with E-state index < -0.39 is 41.9 Å². The molecule has 0 heterocycles. The highest BCUT2D eigenvalue weighted by atomic mass is 35.5. The van der Waals surface area contributed by atoms with Crippen molar-refractivity contribution in [1.82, 2.24) is 10.6 Å². The minimum atomic E-state index is -1.25. The molecule has 172 valence electrons. The van der Waals surface area contributed by atoms with Gasteiger partial charge in [-0.2, -0.15) is 0 Å². The third-order valence-corrected chi connectivity index (χ3v) is 5.12. The van der Waals surface area contributed by atoms with E-state index in [0.717, 1.165) is 30.2 Å². The Morgan fingerprint density at radius 1 is 1.10 bits per heavy atom. The van der Waals surface area contributed by atoms with E-state index in [4.69, 9.17) is 0 Å². The lowest BCUT2D eigenvalue weighted by Crippen LogP contribution is -2.51. The van der Waals surface area contributed by atoms with Crippen molar-refractivity contribution in [2.45, 2.75) is 51.3 Å². The second-order valence-corrected chi connectivity index (χ2v) is 7.92. The number of carbonyl (C=O) groups excluding carboxylic acids is 1. The van der Waals surface area contributed by atoms with E-state index in [1.165, 1.54) is 5.56 Å². The molecule has 1 amide bonds. The summed E-state index contributed by atoms with van der Waals surface area (Å²) >= 11 is 0. The first-order chi connectivity index (χ1) is 14.1. The van der Waals surface area contributed by atoms with E-state index in [9.17, 15) is 23.1 Å². The quantitative estimate of drug-likeness (QED) is 0.507. The standard InChI is InChI=1S/C23H29F3N2O2.ClH/c1-4-15-6-5-7-17(8-15)23(2,3)27-14-21(29)20(28-22(30)13-24)11-16-9-18(25)12-19(26)10-16;/h5-10,12,20-21,27,29H,4,11,13-14H2,1-3H3,(H,28,30);1H/t20-,21+;/m0./s1. The summed E-state index contributed by atoms with van der Waals surface area (Å²) in [5, 5.41) is 16.3. The first-order valence-corrected chi connectivity index (χ1v) is 9.97. The van der Waals surface area contributed by atoms with E-state index in [1.54, 1.807) is 0 Å². The molecule has 0 radical (unpaired) electrons. The van der Waals surface area contributed by atoms with Gasteiger partial charge in [-0.3, -0.25) is 4.79 Å². The summed E-state index contributed by atoms with van der Waals surface area (Å²) in [7, 11) is 0. The third-order valence-electron chi connectivity index (χ3n) is 5.12. The molecule has 0 bridgehead atoms. The van der Waals surface area contributed by atoms with Crippen molar-refractivity contribution >= 4 is 18.3 Å². The molecule has 3 N–H and O–H groups in total. The molecule has 0 fully saturated rings. The second-order valence-electron chi connectivity index (χ2n) is 7.92. The summed E-state index contributed by atoms with van der Waals surface area (Å²) < 4.78 is 39.7. The number of aliphatic hydroxyl groups excluding tert-OH is 1. The number of rotatable bonds is 10. The Morgan fingerprint density at radius 3 is 2.32 bits per heavy atom. The molecule has 0 saturated heterocycles. The fourth-order valence-corrected chi connectivity index (χ4v) is 3.30. The van der Waals surface area contributed by atoms with Crippen LogP contribution >= 0.6 is 12.4 Å². The molecule has 2 aromatic carbocycles. The lowest BCUT2D eigenvalue weighted by Gasteiger charge is -2.31. The van der Waals surface area contributed by atoms with Crippen LogP contribution < -0.4 is 10.6 Å². The molecule has 0 aliphatic heterocycles. The zero-order valence-corrected chi connectivity index (χ0v) is 18.7. The molecule has 2 aromatic rings. The van der Waals surface area contributed by atoms with Crippen LogP contribution in [0.5, 0.6) is 0 Å². The van der Waals surface area contributed by atoms with Gasteiger partial charge in [0.1, 0.15) is 11.6 Å². The summed E-state index contributed by atoms with van der Waals surface area (Å²) in [6.45, 7) is 4.83. The van der Waals surface area contributed by atoms with Crippen molar-refractivity contribution in [3.63, 3.8) is 0 Å². The van der Waals surface area contributed by atoms with Gasteiger partial charge in [0.15, 0.2) is 6.67 Å². The zero-order chi connectivity index (χ0) is 22.3. The van der Waals surface area contributed by atoms with Crippen LogP contribution in [-0.2, 0) is 23.2 Å². The number of carbonyl (C=O) groups is 1. The average Bonchev–Trinajstić information content (AvgIpc) is 2.70. The molecule has 0 spiro atoms. The molecule has 2 rings (SSSR count). The Labute approximate surface area is 187 Å². The molecule has 0 aliphatic carbocycles. The van der Waals surface area contributed by atoms with Crippen LogP contribution in [0.15, 0.2) is 42.5 Å². The van der Waals surface area contributed by atoms with Crippen LogP contribution in [0.4, 0.5) is 13.2 Å². The zero-order valence-electron chi connectivity index (χ0n) is 17.9. The highest BCUT2D eigenvalue weighted by Gasteiger charge is 2.26. The van der Waals surface area contributed by atoms with E-state index in [0.29, 0.717) is 0 Å². The minimum absolute atomic E-state index is 0. The number of aliphatic hydroxyl groups is 1. The predicted octanol–water partition coefficient (Wildman–Crippen LogP) is 3.83. The van der Waals surface area contributed by atoms with Gasteiger partial charge < -0.3 is 15.7 Å². The largest absolute Gasteiger partial charge is 0.390 e. The predicted molar refractivity (Wildman–Crippen MR) is 118 cm³/mol. The fourth-order valence-electron chi connectivity index (χ4n) is 3.30. The monoisotopic (exact) mass is 458 g/mol. The Hall–Kier alpha value is -2.09. The Morgan fingerprint density at radius 2 is 1.74 bits per heavy atom. The van der Waals surface area contributed by atoms with Gasteiger partial charge >= 0.3 is 0 Å². The smallest absolute Gasteiger partial charge is 0.251 e. The maximum atomic E-state index is 13.5. The van der Waals surface area contributed by atoms with Gasteiger partial charge in [-0.1, -0.05) is 31.2 Å². The number of benzene rings is 2.